The maximum atomic E-state index is 10.3. The SMILES string of the molecule is CCCCC/C=C\C#CC#CCCCCCCC(=O)O. The normalized spacial score (nSPS) is 9.65. The minimum absolute atomic E-state index is 0.280. The highest BCUT2D eigenvalue weighted by Crippen LogP contribution is 2.04. The second-order valence-electron chi connectivity index (χ2n) is 4.78. The summed E-state index contributed by atoms with van der Waals surface area (Å²) in [4.78, 5) is 10.3. The van der Waals surface area contributed by atoms with Crippen LogP contribution in [0.25, 0.3) is 0 Å². The van der Waals surface area contributed by atoms with E-state index in [1.165, 1.54) is 19.3 Å². The van der Waals surface area contributed by atoms with Gasteiger partial charge in [0, 0.05) is 12.8 Å². The summed E-state index contributed by atoms with van der Waals surface area (Å²) >= 11 is 0. The van der Waals surface area contributed by atoms with Crippen molar-refractivity contribution in [1.82, 2.24) is 0 Å². The summed E-state index contributed by atoms with van der Waals surface area (Å²) in [6, 6.07) is 0. The van der Waals surface area contributed by atoms with Gasteiger partial charge in [-0.1, -0.05) is 50.5 Å². The lowest BCUT2D eigenvalue weighted by Gasteiger charge is -1.95. The Hall–Kier alpha value is -1.67. The van der Waals surface area contributed by atoms with Crippen molar-refractivity contribution in [1.29, 1.82) is 0 Å². The van der Waals surface area contributed by atoms with Gasteiger partial charge in [0.15, 0.2) is 0 Å². The first kappa shape index (κ1) is 18.3. The minimum Gasteiger partial charge on any atom is -0.481 e. The van der Waals surface area contributed by atoms with Crippen molar-refractivity contribution in [3.05, 3.63) is 12.2 Å². The third kappa shape index (κ3) is 16.3. The van der Waals surface area contributed by atoms with Crippen LogP contribution in [0.2, 0.25) is 0 Å². The topological polar surface area (TPSA) is 37.3 Å². The van der Waals surface area contributed by atoms with E-state index >= 15 is 0 Å². The molecule has 0 amide bonds. The molecule has 20 heavy (non-hydrogen) atoms. The number of aliphatic carboxylic acids is 1. The van der Waals surface area contributed by atoms with Crippen LogP contribution >= 0.6 is 0 Å². The molecule has 0 rings (SSSR count). The van der Waals surface area contributed by atoms with Crippen molar-refractivity contribution in [2.24, 2.45) is 0 Å². The largest absolute Gasteiger partial charge is 0.481 e. The van der Waals surface area contributed by atoms with Gasteiger partial charge in [0.05, 0.1) is 0 Å². The molecule has 0 aliphatic rings. The molecule has 110 valence electrons. The number of carboxylic acids is 1. The lowest BCUT2D eigenvalue weighted by Crippen LogP contribution is -1.93. The number of allylic oxidation sites excluding steroid dienone is 2. The molecule has 0 aromatic rings. The molecule has 0 bridgehead atoms. The number of hydrogen-bond acceptors (Lipinski definition) is 1. The highest BCUT2D eigenvalue weighted by molar-refractivity contribution is 5.66. The third-order valence-corrected chi connectivity index (χ3v) is 2.84. The van der Waals surface area contributed by atoms with Gasteiger partial charge in [-0.25, -0.2) is 0 Å². The van der Waals surface area contributed by atoms with E-state index in [1.807, 2.05) is 6.08 Å². The Balaban J connectivity index is 3.42. The highest BCUT2D eigenvalue weighted by Gasteiger charge is 1.95. The lowest BCUT2D eigenvalue weighted by molar-refractivity contribution is -0.137. The Bertz CT molecular complexity index is 385. The van der Waals surface area contributed by atoms with E-state index in [0.717, 1.165) is 38.5 Å². The molecule has 0 radical (unpaired) electrons. The smallest absolute Gasteiger partial charge is 0.303 e. The van der Waals surface area contributed by atoms with Crippen LogP contribution in [0, 0.1) is 23.7 Å². The fraction of sp³-hybridized carbons (Fsp3) is 0.611. The van der Waals surface area contributed by atoms with E-state index in [-0.39, 0.29) is 6.42 Å². The molecule has 2 heteroatoms. The summed E-state index contributed by atoms with van der Waals surface area (Å²) in [5, 5.41) is 8.47. The summed E-state index contributed by atoms with van der Waals surface area (Å²) < 4.78 is 0. The van der Waals surface area contributed by atoms with E-state index in [1.54, 1.807) is 0 Å². The van der Waals surface area contributed by atoms with Crippen LogP contribution in [0.5, 0.6) is 0 Å². The second kappa shape index (κ2) is 15.4. The van der Waals surface area contributed by atoms with Crippen molar-refractivity contribution in [3.8, 4) is 23.7 Å². The van der Waals surface area contributed by atoms with Gasteiger partial charge in [0.2, 0.25) is 0 Å². The predicted octanol–water partition coefficient (Wildman–Crippen LogP) is 4.55. The molecule has 0 aromatic carbocycles. The fourth-order valence-corrected chi connectivity index (χ4v) is 1.68. The van der Waals surface area contributed by atoms with E-state index in [0.29, 0.717) is 0 Å². The average molecular weight is 274 g/mol. The molecule has 0 aliphatic heterocycles. The van der Waals surface area contributed by atoms with E-state index in [9.17, 15) is 4.79 Å². The molecule has 0 saturated carbocycles. The van der Waals surface area contributed by atoms with E-state index < -0.39 is 5.97 Å². The van der Waals surface area contributed by atoms with Crippen LogP contribution < -0.4 is 0 Å². The van der Waals surface area contributed by atoms with Crippen molar-refractivity contribution in [3.63, 3.8) is 0 Å². The predicted molar refractivity (Wildman–Crippen MR) is 84.2 cm³/mol. The zero-order valence-corrected chi connectivity index (χ0v) is 12.6. The van der Waals surface area contributed by atoms with Gasteiger partial charge in [-0.2, -0.15) is 0 Å². The number of carboxylic acid groups (broad SMARTS) is 1. The number of hydrogen-bond donors (Lipinski definition) is 1. The van der Waals surface area contributed by atoms with Gasteiger partial charge < -0.3 is 5.11 Å². The highest BCUT2D eigenvalue weighted by atomic mass is 16.4. The molecule has 0 heterocycles. The molecule has 0 aromatic heterocycles. The first-order valence-corrected chi connectivity index (χ1v) is 7.62. The van der Waals surface area contributed by atoms with Gasteiger partial charge in [-0.15, -0.1) is 0 Å². The van der Waals surface area contributed by atoms with Crippen molar-refractivity contribution in [2.75, 3.05) is 0 Å². The van der Waals surface area contributed by atoms with Crippen LogP contribution in [-0.4, -0.2) is 11.1 Å². The Labute approximate surface area is 123 Å². The van der Waals surface area contributed by atoms with Crippen LogP contribution in [0.3, 0.4) is 0 Å². The lowest BCUT2D eigenvalue weighted by atomic mass is 10.1. The molecule has 2 nitrogen and oxygen atoms in total. The number of unbranched alkanes of at least 4 members (excludes halogenated alkanes) is 7. The van der Waals surface area contributed by atoms with Gasteiger partial charge in [-0.3, -0.25) is 4.79 Å². The molecule has 0 fully saturated rings. The number of carbonyl (C=O) groups is 1. The second-order valence-corrected chi connectivity index (χ2v) is 4.78. The molecule has 1 N–H and O–H groups in total. The van der Waals surface area contributed by atoms with Crippen molar-refractivity contribution >= 4 is 5.97 Å². The average Bonchev–Trinajstić information content (AvgIpc) is 2.43. The van der Waals surface area contributed by atoms with Gasteiger partial charge in [0.25, 0.3) is 0 Å². The van der Waals surface area contributed by atoms with Crippen molar-refractivity contribution in [2.45, 2.75) is 71.1 Å². The first-order valence-electron chi connectivity index (χ1n) is 7.62. The molecule has 0 spiro atoms. The quantitative estimate of drug-likeness (QED) is 0.468. The van der Waals surface area contributed by atoms with Gasteiger partial charge >= 0.3 is 5.97 Å². The summed E-state index contributed by atoms with van der Waals surface area (Å²) in [5.74, 6) is 10.9. The minimum atomic E-state index is -0.706. The Morgan fingerprint density at radius 1 is 1.05 bits per heavy atom. The Morgan fingerprint density at radius 2 is 1.85 bits per heavy atom. The zero-order chi connectivity index (χ0) is 14.9. The van der Waals surface area contributed by atoms with Crippen molar-refractivity contribution < 1.29 is 9.90 Å². The van der Waals surface area contributed by atoms with Gasteiger partial charge in [0.1, 0.15) is 0 Å². The Kier molecular flexibility index (Phi) is 14.1. The fourth-order valence-electron chi connectivity index (χ4n) is 1.68. The monoisotopic (exact) mass is 274 g/mol. The summed E-state index contributed by atoms with van der Waals surface area (Å²) in [6.45, 7) is 2.20. The summed E-state index contributed by atoms with van der Waals surface area (Å²) in [5.41, 5.74) is 0. The third-order valence-electron chi connectivity index (χ3n) is 2.84. The maximum absolute atomic E-state index is 10.3. The van der Waals surface area contributed by atoms with Crippen LogP contribution in [-0.2, 0) is 4.79 Å². The molecular weight excluding hydrogens is 248 g/mol. The summed E-state index contributed by atoms with van der Waals surface area (Å²) in [7, 11) is 0. The zero-order valence-electron chi connectivity index (χ0n) is 12.6. The van der Waals surface area contributed by atoms with E-state index in [4.69, 9.17) is 5.11 Å². The standard InChI is InChI=1S/C18H26O2/c1-2-3-4-5-6-7-8-9-10-11-12-13-14-15-16-17-18(19)20/h6-7H,2-5,12-17H2,1H3,(H,19,20)/b7-6-. The first-order chi connectivity index (χ1) is 9.77. The van der Waals surface area contributed by atoms with Crippen LogP contribution in [0.4, 0.5) is 0 Å². The molecular formula is C18H26O2. The maximum Gasteiger partial charge on any atom is 0.303 e. The summed E-state index contributed by atoms with van der Waals surface area (Å²) in [6.07, 6.45) is 13.8. The molecule has 0 saturated heterocycles. The van der Waals surface area contributed by atoms with Crippen LogP contribution in [0.1, 0.15) is 71.1 Å². The van der Waals surface area contributed by atoms with Gasteiger partial charge in [-0.05, 0) is 43.6 Å². The molecule has 0 atom stereocenters. The Morgan fingerprint density at radius 3 is 2.60 bits per heavy atom. The van der Waals surface area contributed by atoms with E-state index in [2.05, 4.69) is 36.7 Å². The number of rotatable bonds is 10. The molecule has 0 aliphatic carbocycles. The van der Waals surface area contributed by atoms with Crippen LogP contribution in [0.15, 0.2) is 12.2 Å². The molecule has 0 unspecified atom stereocenters.